The molecule has 19 heavy (non-hydrogen) atoms. The number of carboxylic acid groups (broad SMARTS) is 2. The van der Waals surface area contributed by atoms with E-state index >= 15 is 0 Å². The summed E-state index contributed by atoms with van der Waals surface area (Å²) in [4.78, 5) is 21.9. The van der Waals surface area contributed by atoms with Gasteiger partial charge in [0.25, 0.3) is 0 Å². The molecule has 2 aromatic rings. The van der Waals surface area contributed by atoms with E-state index in [0.717, 1.165) is 10.8 Å². The van der Waals surface area contributed by atoms with Gasteiger partial charge in [-0.2, -0.15) is 0 Å². The molecule has 0 aromatic heterocycles. The molecule has 0 amide bonds. The lowest BCUT2D eigenvalue weighted by atomic mass is 9.99. The van der Waals surface area contributed by atoms with Crippen molar-refractivity contribution in [1.82, 2.24) is 5.32 Å². The van der Waals surface area contributed by atoms with Crippen LogP contribution in [-0.4, -0.2) is 28.7 Å². The first kappa shape index (κ1) is 13.0. The molecule has 3 N–H and O–H groups in total. The molecule has 98 valence electrons. The molecule has 0 saturated heterocycles. The maximum Gasteiger partial charge on any atom is 0.325 e. The third kappa shape index (κ3) is 2.89. The number of aliphatic carboxylic acids is 2. The molecule has 0 aliphatic rings. The highest BCUT2D eigenvalue weighted by Crippen LogP contribution is 2.24. The molecular weight excluding hydrogens is 246 g/mol. The molecule has 1 atom stereocenters. The van der Waals surface area contributed by atoms with Crippen molar-refractivity contribution in [3.05, 3.63) is 48.0 Å². The summed E-state index contributed by atoms with van der Waals surface area (Å²) in [5.74, 6) is -2.19. The van der Waals surface area contributed by atoms with Gasteiger partial charge >= 0.3 is 11.9 Å². The van der Waals surface area contributed by atoms with Gasteiger partial charge in [0.15, 0.2) is 0 Å². The van der Waals surface area contributed by atoms with Gasteiger partial charge in [0.05, 0.1) is 6.54 Å². The Morgan fingerprint density at radius 3 is 2.42 bits per heavy atom. The molecular formula is C14H13NO4. The summed E-state index contributed by atoms with van der Waals surface area (Å²) in [6.07, 6.45) is 0. The summed E-state index contributed by atoms with van der Waals surface area (Å²) in [6, 6.07) is 11.7. The minimum absolute atomic E-state index is 0.403. The van der Waals surface area contributed by atoms with E-state index in [1.807, 2.05) is 30.3 Å². The highest BCUT2D eigenvalue weighted by atomic mass is 16.4. The summed E-state index contributed by atoms with van der Waals surface area (Å²) >= 11 is 0. The van der Waals surface area contributed by atoms with Crippen molar-refractivity contribution < 1.29 is 19.8 Å². The number of rotatable bonds is 5. The smallest absolute Gasteiger partial charge is 0.325 e. The number of fused-ring (bicyclic) bond motifs is 1. The van der Waals surface area contributed by atoms with Gasteiger partial charge < -0.3 is 10.2 Å². The molecule has 0 aliphatic carbocycles. The van der Waals surface area contributed by atoms with E-state index < -0.39 is 24.5 Å². The van der Waals surface area contributed by atoms with E-state index in [9.17, 15) is 14.7 Å². The van der Waals surface area contributed by atoms with E-state index in [1.165, 1.54) is 0 Å². The second kappa shape index (κ2) is 5.49. The average Bonchev–Trinajstić information content (AvgIpc) is 2.38. The maximum atomic E-state index is 11.3. The van der Waals surface area contributed by atoms with E-state index in [0.29, 0.717) is 5.56 Å². The van der Waals surface area contributed by atoms with E-state index in [4.69, 9.17) is 5.11 Å². The summed E-state index contributed by atoms with van der Waals surface area (Å²) in [5, 5.41) is 22.1. The second-order valence-corrected chi connectivity index (χ2v) is 4.11. The molecule has 0 spiro atoms. The van der Waals surface area contributed by atoms with Crippen molar-refractivity contribution in [2.24, 2.45) is 0 Å². The van der Waals surface area contributed by atoms with E-state index in [2.05, 4.69) is 5.32 Å². The number of carbonyl (C=O) groups is 2. The zero-order valence-corrected chi connectivity index (χ0v) is 10.0. The Balaban J connectivity index is 2.44. The van der Waals surface area contributed by atoms with Crippen LogP contribution in [0.4, 0.5) is 0 Å². The largest absolute Gasteiger partial charge is 0.480 e. The molecule has 5 nitrogen and oxygen atoms in total. The lowest BCUT2D eigenvalue weighted by molar-refractivity contribution is -0.140. The van der Waals surface area contributed by atoms with Crippen LogP contribution in [0.15, 0.2) is 42.5 Å². The van der Waals surface area contributed by atoms with Crippen LogP contribution in [0.25, 0.3) is 10.8 Å². The van der Waals surface area contributed by atoms with Gasteiger partial charge in [-0.25, -0.2) is 0 Å². The number of benzene rings is 2. The number of carboxylic acids is 2. The zero-order valence-electron chi connectivity index (χ0n) is 10.0. The van der Waals surface area contributed by atoms with Crippen LogP contribution in [0.2, 0.25) is 0 Å². The monoisotopic (exact) mass is 259 g/mol. The molecule has 0 bridgehead atoms. The quantitative estimate of drug-likeness (QED) is 0.759. The summed E-state index contributed by atoms with van der Waals surface area (Å²) in [5.41, 5.74) is 0.562. The minimum Gasteiger partial charge on any atom is -0.480 e. The third-order valence-electron chi connectivity index (χ3n) is 2.84. The van der Waals surface area contributed by atoms with Crippen LogP contribution >= 0.6 is 0 Å². The highest BCUT2D eigenvalue weighted by Gasteiger charge is 2.21. The predicted octanol–water partition coefficient (Wildman–Crippen LogP) is 1.64. The summed E-state index contributed by atoms with van der Waals surface area (Å²) < 4.78 is 0. The minimum atomic E-state index is -1.10. The van der Waals surface area contributed by atoms with Crippen LogP contribution in [0.3, 0.4) is 0 Å². The van der Waals surface area contributed by atoms with Gasteiger partial charge in [0.2, 0.25) is 0 Å². The molecule has 0 heterocycles. The molecule has 2 aromatic carbocycles. The summed E-state index contributed by atoms with van der Waals surface area (Å²) in [7, 11) is 0. The molecule has 0 radical (unpaired) electrons. The standard InChI is InChI=1S/C14H13NO4/c16-12(17)8-15-13(14(18)19)11-7-3-5-9-4-1-2-6-10(9)11/h1-7,13,15H,8H2,(H,16,17)(H,18,19). The van der Waals surface area contributed by atoms with Crippen molar-refractivity contribution in [1.29, 1.82) is 0 Å². The summed E-state index contributed by atoms with van der Waals surface area (Å²) in [6.45, 7) is -0.403. The van der Waals surface area contributed by atoms with Crippen LogP contribution in [0.5, 0.6) is 0 Å². The SMILES string of the molecule is O=C(O)CNC(C(=O)O)c1cccc2ccccc12. The zero-order chi connectivity index (χ0) is 13.8. The maximum absolute atomic E-state index is 11.3. The fourth-order valence-electron chi connectivity index (χ4n) is 2.02. The Bertz CT molecular complexity index is 618. The lowest BCUT2D eigenvalue weighted by Gasteiger charge is -2.15. The van der Waals surface area contributed by atoms with Crippen LogP contribution in [-0.2, 0) is 9.59 Å². The van der Waals surface area contributed by atoms with Gasteiger partial charge in [-0.1, -0.05) is 42.5 Å². The fourth-order valence-corrected chi connectivity index (χ4v) is 2.02. The number of hydrogen-bond donors (Lipinski definition) is 3. The molecule has 1 unspecified atom stereocenters. The number of hydrogen-bond acceptors (Lipinski definition) is 3. The van der Waals surface area contributed by atoms with E-state index in [1.54, 1.807) is 12.1 Å². The fraction of sp³-hybridized carbons (Fsp3) is 0.143. The van der Waals surface area contributed by atoms with Gasteiger partial charge in [-0.3, -0.25) is 14.9 Å². The predicted molar refractivity (Wildman–Crippen MR) is 70.0 cm³/mol. The molecule has 5 heteroatoms. The third-order valence-corrected chi connectivity index (χ3v) is 2.84. The van der Waals surface area contributed by atoms with Gasteiger partial charge in [-0.15, -0.1) is 0 Å². The van der Waals surface area contributed by atoms with E-state index in [-0.39, 0.29) is 0 Å². The Morgan fingerprint density at radius 2 is 1.74 bits per heavy atom. The Hall–Kier alpha value is -2.40. The van der Waals surface area contributed by atoms with Crippen LogP contribution < -0.4 is 5.32 Å². The van der Waals surface area contributed by atoms with Crippen LogP contribution in [0.1, 0.15) is 11.6 Å². The van der Waals surface area contributed by atoms with Gasteiger partial charge in [0.1, 0.15) is 6.04 Å². The van der Waals surface area contributed by atoms with Crippen molar-refractivity contribution in [3.63, 3.8) is 0 Å². The molecule has 0 aliphatic heterocycles. The van der Waals surface area contributed by atoms with Crippen molar-refractivity contribution >= 4 is 22.7 Å². The first-order valence-corrected chi connectivity index (χ1v) is 5.75. The Labute approximate surface area is 109 Å². The molecule has 2 rings (SSSR count). The van der Waals surface area contributed by atoms with Gasteiger partial charge in [0, 0.05) is 0 Å². The second-order valence-electron chi connectivity index (χ2n) is 4.11. The lowest BCUT2D eigenvalue weighted by Crippen LogP contribution is -2.32. The normalized spacial score (nSPS) is 12.2. The first-order chi connectivity index (χ1) is 9.09. The van der Waals surface area contributed by atoms with Crippen molar-refractivity contribution in [2.45, 2.75) is 6.04 Å². The van der Waals surface area contributed by atoms with Crippen molar-refractivity contribution in [3.8, 4) is 0 Å². The number of nitrogens with one attached hydrogen (secondary N) is 1. The first-order valence-electron chi connectivity index (χ1n) is 5.75. The van der Waals surface area contributed by atoms with Crippen molar-refractivity contribution in [2.75, 3.05) is 6.54 Å². The van der Waals surface area contributed by atoms with Gasteiger partial charge in [-0.05, 0) is 16.3 Å². The van der Waals surface area contributed by atoms with Crippen LogP contribution in [0, 0.1) is 0 Å². The topological polar surface area (TPSA) is 86.6 Å². The Kier molecular flexibility index (Phi) is 3.77. The highest BCUT2D eigenvalue weighted by molar-refractivity contribution is 5.90. The average molecular weight is 259 g/mol. The molecule has 0 saturated carbocycles. The molecule has 0 fully saturated rings. The Morgan fingerprint density at radius 1 is 1.05 bits per heavy atom.